The number of sulfonamides is 1. The number of nitrogens with one attached hydrogen (secondary N) is 1. The Morgan fingerprint density at radius 2 is 2.21 bits per heavy atom. The van der Waals surface area contributed by atoms with Crippen molar-refractivity contribution in [1.29, 1.82) is 0 Å². The Hall–Kier alpha value is -0.960. The molecule has 0 unspecified atom stereocenters. The zero-order valence-electron chi connectivity index (χ0n) is 10.6. The molecule has 2 aromatic heterocycles. The van der Waals surface area contributed by atoms with Gasteiger partial charge in [-0.1, -0.05) is 18.3 Å². The van der Waals surface area contributed by atoms with Crippen LogP contribution in [0.1, 0.15) is 23.1 Å². The molecule has 0 atom stereocenters. The first-order chi connectivity index (χ1) is 8.94. The summed E-state index contributed by atoms with van der Waals surface area (Å²) in [6.07, 6.45) is 0.896. The first-order valence-electron chi connectivity index (χ1n) is 5.72. The Kier molecular flexibility index (Phi) is 4.24. The number of anilines is 1. The Balaban J connectivity index is 2.17. The molecule has 104 valence electrons. The van der Waals surface area contributed by atoms with Crippen LogP contribution < -0.4 is 10.5 Å². The van der Waals surface area contributed by atoms with Crippen LogP contribution in [0.4, 0.5) is 5.13 Å². The van der Waals surface area contributed by atoms with E-state index in [-0.39, 0.29) is 9.34 Å². The molecule has 0 aromatic carbocycles. The van der Waals surface area contributed by atoms with Crippen molar-refractivity contribution >= 4 is 37.8 Å². The molecular weight excluding hydrogens is 302 g/mol. The fourth-order valence-corrected chi connectivity index (χ4v) is 5.06. The summed E-state index contributed by atoms with van der Waals surface area (Å²) >= 11 is 2.54. The summed E-state index contributed by atoms with van der Waals surface area (Å²) < 4.78 is 27.1. The summed E-state index contributed by atoms with van der Waals surface area (Å²) in [4.78, 5) is 4.98. The monoisotopic (exact) mass is 317 g/mol. The number of thiazole rings is 1. The van der Waals surface area contributed by atoms with E-state index in [1.807, 2.05) is 18.4 Å². The van der Waals surface area contributed by atoms with Gasteiger partial charge in [0.1, 0.15) is 0 Å². The fraction of sp³-hybridized carbons (Fsp3) is 0.364. The summed E-state index contributed by atoms with van der Waals surface area (Å²) in [6, 6.07) is 2.02. The number of hydrogen-bond acceptors (Lipinski definition) is 6. The predicted octanol–water partition coefficient (Wildman–Crippen LogP) is 2.14. The Morgan fingerprint density at radius 1 is 1.47 bits per heavy atom. The molecule has 2 aromatic rings. The molecule has 2 heterocycles. The summed E-state index contributed by atoms with van der Waals surface area (Å²) in [6.45, 7) is 4.00. The van der Waals surface area contributed by atoms with Gasteiger partial charge in [-0.2, -0.15) is 0 Å². The maximum absolute atomic E-state index is 12.2. The molecule has 0 fully saturated rings. The van der Waals surface area contributed by atoms with Gasteiger partial charge in [0.05, 0.1) is 5.69 Å². The molecular formula is C11H15N3O2S3. The summed E-state index contributed by atoms with van der Waals surface area (Å²) in [5.41, 5.74) is 7.15. The van der Waals surface area contributed by atoms with Gasteiger partial charge in [0.2, 0.25) is 0 Å². The van der Waals surface area contributed by atoms with Gasteiger partial charge < -0.3 is 5.73 Å². The molecule has 0 amide bonds. The summed E-state index contributed by atoms with van der Waals surface area (Å²) in [5.74, 6) is 0. The third-order valence-corrected chi connectivity index (χ3v) is 6.62. The van der Waals surface area contributed by atoms with E-state index in [0.29, 0.717) is 12.2 Å². The Bertz CT molecular complexity index is 673. The molecule has 8 heteroatoms. The minimum atomic E-state index is -3.54. The van der Waals surface area contributed by atoms with E-state index < -0.39 is 10.0 Å². The second kappa shape index (κ2) is 5.58. The zero-order valence-corrected chi connectivity index (χ0v) is 13.1. The maximum Gasteiger partial charge on any atom is 0.252 e. The largest absolute Gasteiger partial charge is 0.375 e. The maximum atomic E-state index is 12.2. The molecule has 2 rings (SSSR count). The smallest absolute Gasteiger partial charge is 0.252 e. The van der Waals surface area contributed by atoms with Crippen LogP contribution >= 0.6 is 22.7 Å². The molecule has 0 aliphatic heterocycles. The van der Waals surface area contributed by atoms with Crippen molar-refractivity contribution in [3.63, 3.8) is 0 Å². The van der Waals surface area contributed by atoms with E-state index in [0.717, 1.165) is 22.6 Å². The van der Waals surface area contributed by atoms with Crippen molar-refractivity contribution in [2.75, 3.05) is 5.73 Å². The SMILES string of the molecule is CCc1ccsc1CNS(=O)(=O)c1sc(N)nc1C. The van der Waals surface area contributed by atoms with Gasteiger partial charge in [-0.15, -0.1) is 11.3 Å². The van der Waals surface area contributed by atoms with E-state index in [4.69, 9.17) is 5.73 Å². The number of aryl methyl sites for hydroxylation is 2. The number of rotatable bonds is 5. The molecule has 0 saturated carbocycles. The van der Waals surface area contributed by atoms with Crippen molar-refractivity contribution in [2.45, 2.75) is 31.0 Å². The lowest BCUT2D eigenvalue weighted by atomic mass is 10.2. The van der Waals surface area contributed by atoms with Crippen LogP contribution in [0.15, 0.2) is 15.7 Å². The Morgan fingerprint density at radius 3 is 2.79 bits per heavy atom. The third kappa shape index (κ3) is 3.14. The van der Waals surface area contributed by atoms with Crippen LogP contribution in [0, 0.1) is 6.92 Å². The minimum Gasteiger partial charge on any atom is -0.375 e. The standard InChI is InChI=1S/C11H15N3O2S3/c1-3-8-4-5-17-9(8)6-13-19(15,16)10-7(2)14-11(12)18-10/h4-5,13H,3,6H2,1-2H3,(H2,12,14). The van der Waals surface area contributed by atoms with Crippen LogP contribution in [-0.2, 0) is 23.0 Å². The van der Waals surface area contributed by atoms with E-state index >= 15 is 0 Å². The van der Waals surface area contributed by atoms with Crippen molar-refractivity contribution in [3.05, 3.63) is 27.6 Å². The quantitative estimate of drug-likeness (QED) is 0.884. The van der Waals surface area contributed by atoms with Gasteiger partial charge in [0, 0.05) is 11.4 Å². The molecule has 0 radical (unpaired) electrons. The van der Waals surface area contributed by atoms with Crippen molar-refractivity contribution < 1.29 is 8.42 Å². The van der Waals surface area contributed by atoms with Gasteiger partial charge in [-0.25, -0.2) is 18.1 Å². The van der Waals surface area contributed by atoms with Crippen molar-refractivity contribution in [1.82, 2.24) is 9.71 Å². The van der Waals surface area contributed by atoms with Crippen LogP contribution in [-0.4, -0.2) is 13.4 Å². The highest BCUT2D eigenvalue weighted by Crippen LogP contribution is 2.25. The lowest BCUT2D eigenvalue weighted by Gasteiger charge is -2.05. The molecule has 0 aliphatic carbocycles. The van der Waals surface area contributed by atoms with Gasteiger partial charge in [-0.3, -0.25) is 0 Å². The predicted molar refractivity (Wildman–Crippen MR) is 79.0 cm³/mol. The van der Waals surface area contributed by atoms with Gasteiger partial charge >= 0.3 is 0 Å². The lowest BCUT2D eigenvalue weighted by Crippen LogP contribution is -2.23. The van der Waals surface area contributed by atoms with Crippen LogP contribution in [0.3, 0.4) is 0 Å². The number of nitrogens with two attached hydrogens (primary N) is 1. The van der Waals surface area contributed by atoms with Crippen molar-refractivity contribution in [2.24, 2.45) is 0 Å². The van der Waals surface area contributed by atoms with Crippen LogP contribution in [0.25, 0.3) is 0 Å². The Labute approximate surface area is 120 Å². The van der Waals surface area contributed by atoms with Gasteiger partial charge in [0.15, 0.2) is 9.34 Å². The van der Waals surface area contributed by atoms with Crippen LogP contribution in [0.5, 0.6) is 0 Å². The molecule has 0 saturated heterocycles. The number of nitrogen functional groups attached to an aromatic ring is 1. The highest BCUT2D eigenvalue weighted by molar-refractivity contribution is 7.91. The van der Waals surface area contributed by atoms with Gasteiger partial charge in [0.25, 0.3) is 10.0 Å². The molecule has 0 aliphatic rings. The third-order valence-electron chi connectivity index (χ3n) is 2.66. The number of aromatic nitrogens is 1. The highest BCUT2D eigenvalue weighted by Gasteiger charge is 2.21. The molecule has 5 nitrogen and oxygen atoms in total. The number of thiophene rings is 1. The summed E-state index contributed by atoms with van der Waals surface area (Å²) in [7, 11) is -3.54. The topological polar surface area (TPSA) is 85.1 Å². The molecule has 0 spiro atoms. The van der Waals surface area contributed by atoms with E-state index in [1.54, 1.807) is 18.3 Å². The first-order valence-corrected chi connectivity index (χ1v) is 8.89. The van der Waals surface area contributed by atoms with Gasteiger partial charge in [-0.05, 0) is 30.4 Å². The fourth-order valence-electron chi connectivity index (χ4n) is 1.72. The summed E-state index contributed by atoms with van der Waals surface area (Å²) in [5, 5.41) is 2.24. The second-order valence-electron chi connectivity index (χ2n) is 3.97. The molecule has 3 N–H and O–H groups in total. The zero-order chi connectivity index (χ0) is 14.0. The van der Waals surface area contributed by atoms with Crippen molar-refractivity contribution in [3.8, 4) is 0 Å². The van der Waals surface area contributed by atoms with E-state index in [1.165, 1.54) is 5.56 Å². The number of hydrogen-bond donors (Lipinski definition) is 2. The lowest BCUT2D eigenvalue weighted by molar-refractivity contribution is 0.583. The highest BCUT2D eigenvalue weighted by atomic mass is 32.2. The minimum absolute atomic E-state index is 0.194. The van der Waals surface area contributed by atoms with E-state index in [9.17, 15) is 8.42 Å². The average molecular weight is 317 g/mol. The van der Waals surface area contributed by atoms with E-state index in [2.05, 4.69) is 9.71 Å². The normalized spacial score (nSPS) is 11.9. The first kappa shape index (κ1) is 14.4. The van der Waals surface area contributed by atoms with Crippen LogP contribution in [0.2, 0.25) is 0 Å². The molecule has 19 heavy (non-hydrogen) atoms. The number of nitrogens with zero attached hydrogens (tertiary/aromatic N) is 1. The second-order valence-corrected chi connectivity index (χ2v) is 7.97. The average Bonchev–Trinajstić information content (AvgIpc) is 2.93. The molecule has 0 bridgehead atoms.